The van der Waals surface area contributed by atoms with Gasteiger partial charge in [0.25, 0.3) is 0 Å². The van der Waals surface area contributed by atoms with Gasteiger partial charge >= 0.3 is 0 Å². The third-order valence-electron chi connectivity index (χ3n) is 7.79. The van der Waals surface area contributed by atoms with E-state index in [1.807, 2.05) is 44.3 Å². The molecule has 0 saturated carbocycles. The lowest BCUT2D eigenvalue weighted by atomic mass is 9.86. The molecule has 192 valence electrons. The smallest absolute Gasteiger partial charge is 0.141 e. The Hall–Kier alpha value is -3.99. The summed E-state index contributed by atoms with van der Waals surface area (Å²) in [6, 6.07) is 20.9. The fourth-order valence-corrected chi connectivity index (χ4v) is 5.98. The van der Waals surface area contributed by atoms with Crippen LogP contribution in [0.4, 0.5) is 0 Å². The number of nitriles is 1. The van der Waals surface area contributed by atoms with Gasteiger partial charge in [0, 0.05) is 35.9 Å². The van der Waals surface area contributed by atoms with Gasteiger partial charge in [0.15, 0.2) is 0 Å². The Labute approximate surface area is 221 Å². The van der Waals surface area contributed by atoms with Crippen LogP contribution in [0.15, 0.2) is 65.3 Å². The summed E-state index contributed by atoms with van der Waals surface area (Å²) >= 11 is 0. The molecular formula is C31H30N4O3. The molecule has 1 saturated heterocycles. The summed E-state index contributed by atoms with van der Waals surface area (Å²) in [5, 5.41) is 25.1. The van der Waals surface area contributed by atoms with Crippen molar-refractivity contribution >= 4 is 21.9 Å². The van der Waals surface area contributed by atoms with Crippen LogP contribution < -0.4 is 0 Å². The minimum absolute atomic E-state index is 0.0439. The van der Waals surface area contributed by atoms with Crippen molar-refractivity contribution in [2.24, 2.45) is 5.92 Å². The number of pyridine rings is 1. The molecule has 6 rings (SSSR count). The number of aliphatic hydroxyl groups is 1. The van der Waals surface area contributed by atoms with Crippen LogP contribution in [0.1, 0.15) is 54.0 Å². The summed E-state index contributed by atoms with van der Waals surface area (Å²) in [6.07, 6.45) is 2.99. The predicted molar refractivity (Wildman–Crippen MR) is 146 cm³/mol. The second kappa shape index (κ2) is 10.1. The largest absolute Gasteiger partial charge is 0.387 e. The molecule has 1 aliphatic heterocycles. The zero-order valence-electron chi connectivity index (χ0n) is 21.6. The number of ether oxygens (including phenoxy) is 1. The topological polar surface area (TPSA) is 97.1 Å². The van der Waals surface area contributed by atoms with Crippen LogP contribution in [0.5, 0.6) is 0 Å². The number of aryl methyl sites for hydroxylation is 2. The van der Waals surface area contributed by atoms with Gasteiger partial charge in [0.1, 0.15) is 5.76 Å². The van der Waals surface area contributed by atoms with Gasteiger partial charge in [-0.2, -0.15) is 5.26 Å². The maximum atomic E-state index is 10.7. The van der Waals surface area contributed by atoms with E-state index in [-0.39, 0.29) is 12.5 Å². The minimum Gasteiger partial charge on any atom is -0.387 e. The van der Waals surface area contributed by atoms with Crippen molar-refractivity contribution in [3.05, 3.63) is 83.4 Å². The summed E-state index contributed by atoms with van der Waals surface area (Å²) in [7, 11) is 0. The molecule has 4 heterocycles. The number of aliphatic hydroxyl groups excluding tert-OH is 1. The van der Waals surface area contributed by atoms with Crippen LogP contribution in [0.25, 0.3) is 33.1 Å². The molecule has 2 atom stereocenters. The Bertz CT molecular complexity index is 1620. The van der Waals surface area contributed by atoms with Gasteiger partial charge in [-0.3, -0.25) is 4.98 Å². The molecule has 3 aromatic heterocycles. The average molecular weight is 507 g/mol. The molecule has 2 aromatic carbocycles. The lowest BCUT2D eigenvalue weighted by molar-refractivity contribution is 0.0553. The number of aromatic nitrogens is 3. The molecule has 1 N–H and O–H groups in total. The Morgan fingerprint density at radius 3 is 2.55 bits per heavy atom. The standard InChI is InChI=1S/C31H30N4O3/c1-19-29(20(2)38-34-19)24-17-27-30(33-18-24)25-9-8-23(28(36)10-13-32)16-26(25)35(27)31(21-6-4-3-5-7-21)22-11-14-37-15-12-22/h3-9,16-18,22,28,31,36H,10-12,14-15H2,1-2H3. The Morgan fingerprint density at radius 1 is 1.05 bits per heavy atom. The first kappa shape index (κ1) is 24.4. The number of hydrogen-bond donors (Lipinski definition) is 1. The molecule has 7 heteroatoms. The van der Waals surface area contributed by atoms with Gasteiger partial charge in [-0.05, 0) is 55.9 Å². The fraction of sp³-hybridized carbons (Fsp3) is 0.323. The number of rotatable bonds is 6. The van der Waals surface area contributed by atoms with E-state index in [1.54, 1.807) is 0 Å². The SMILES string of the molecule is Cc1noc(C)c1-c1cnc2c3ccc(C(O)CC#N)cc3n(C(c3ccccc3)C3CCOCC3)c2c1. The maximum absolute atomic E-state index is 10.7. The lowest BCUT2D eigenvalue weighted by Crippen LogP contribution is -2.27. The summed E-state index contributed by atoms with van der Waals surface area (Å²) in [4.78, 5) is 4.97. The Balaban J connectivity index is 1.67. The second-order valence-corrected chi connectivity index (χ2v) is 10.1. The van der Waals surface area contributed by atoms with E-state index in [0.29, 0.717) is 5.92 Å². The second-order valence-electron chi connectivity index (χ2n) is 10.1. The summed E-state index contributed by atoms with van der Waals surface area (Å²) in [6.45, 7) is 5.34. The van der Waals surface area contributed by atoms with Crippen molar-refractivity contribution in [2.75, 3.05) is 13.2 Å². The highest BCUT2D eigenvalue weighted by atomic mass is 16.5. The molecule has 38 heavy (non-hydrogen) atoms. The third-order valence-corrected chi connectivity index (χ3v) is 7.79. The van der Waals surface area contributed by atoms with Gasteiger partial charge in [-0.1, -0.05) is 47.6 Å². The quantitative estimate of drug-likeness (QED) is 0.285. The van der Waals surface area contributed by atoms with Crippen molar-refractivity contribution in [2.45, 2.75) is 45.3 Å². The summed E-state index contributed by atoms with van der Waals surface area (Å²) in [5.74, 6) is 1.12. The monoisotopic (exact) mass is 506 g/mol. The average Bonchev–Trinajstić information content (AvgIpc) is 3.45. The lowest BCUT2D eigenvalue weighted by Gasteiger charge is -2.33. The van der Waals surface area contributed by atoms with Crippen LogP contribution >= 0.6 is 0 Å². The van der Waals surface area contributed by atoms with Crippen LogP contribution in [0, 0.1) is 31.1 Å². The maximum Gasteiger partial charge on any atom is 0.141 e. The van der Waals surface area contributed by atoms with Crippen LogP contribution in [0.3, 0.4) is 0 Å². The Kier molecular flexibility index (Phi) is 6.44. The van der Waals surface area contributed by atoms with Crippen LogP contribution in [-0.2, 0) is 4.74 Å². The van der Waals surface area contributed by atoms with Gasteiger partial charge in [-0.25, -0.2) is 0 Å². The molecule has 1 aliphatic rings. The van der Waals surface area contributed by atoms with Crippen molar-refractivity contribution in [1.29, 1.82) is 5.26 Å². The van der Waals surface area contributed by atoms with E-state index < -0.39 is 6.10 Å². The number of fused-ring (bicyclic) bond motifs is 3. The van der Waals surface area contributed by atoms with Crippen LogP contribution in [-0.4, -0.2) is 33.0 Å². The first-order valence-electron chi connectivity index (χ1n) is 13.1. The molecule has 1 fully saturated rings. The van der Waals surface area contributed by atoms with Gasteiger partial charge in [0.05, 0.1) is 46.9 Å². The first-order valence-corrected chi connectivity index (χ1v) is 13.1. The van der Waals surface area contributed by atoms with Gasteiger partial charge in [0.2, 0.25) is 0 Å². The van der Waals surface area contributed by atoms with Gasteiger partial charge < -0.3 is 18.9 Å². The van der Waals surface area contributed by atoms with E-state index in [9.17, 15) is 10.4 Å². The molecule has 5 aromatic rings. The highest BCUT2D eigenvalue weighted by Gasteiger charge is 2.30. The van der Waals surface area contributed by atoms with Crippen molar-refractivity contribution in [3.63, 3.8) is 0 Å². The minimum atomic E-state index is -0.847. The highest BCUT2D eigenvalue weighted by Crippen LogP contribution is 2.42. The number of hydrogen-bond acceptors (Lipinski definition) is 6. The van der Waals surface area contributed by atoms with E-state index in [2.05, 4.69) is 46.1 Å². The molecule has 0 spiro atoms. The number of benzene rings is 2. The zero-order chi connectivity index (χ0) is 26.2. The van der Waals surface area contributed by atoms with Gasteiger partial charge in [-0.15, -0.1) is 0 Å². The molecular weight excluding hydrogens is 476 g/mol. The molecule has 7 nitrogen and oxygen atoms in total. The first-order chi connectivity index (χ1) is 18.6. The van der Waals surface area contributed by atoms with E-state index in [0.717, 1.165) is 76.1 Å². The third kappa shape index (κ3) is 4.16. The Morgan fingerprint density at radius 2 is 1.84 bits per heavy atom. The molecule has 0 radical (unpaired) electrons. The number of nitrogens with zero attached hydrogens (tertiary/aromatic N) is 4. The molecule has 2 unspecified atom stereocenters. The predicted octanol–water partition coefficient (Wildman–Crippen LogP) is 6.42. The highest BCUT2D eigenvalue weighted by molar-refractivity contribution is 6.07. The van der Waals surface area contributed by atoms with Crippen molar-refractivity contribution in [1.82, 2.24) is 14.7 Å². The molecule has 0 bridgehead atoms. The molecule has 0 aliphatic carbocycles. The van der Waals surface area contributed by atoms with Crippen molar-refractivity contribution < 1.29 is 14.4 Å². The fourth-order valence-electron chi connectivity index (χ4n) is 5.98. The van der Waals surface area contributed by atoms with E-state index >= 15 is 0 Å². The summed E-state index contributed by atoms with van der Waals surface area (Å²) in [5.41, 5.74) is 7.63. The molecule has 0 amide bonds. The van der Waals surface area contributed by atoms with Crippen molar-refractivity contribution in [3.8, 4) is 17.2 Å². The van der Waals surface area contributed by atoms with Crippen LogP contribution in [0.2, 0.25) is 0 Å². The summed E-state index contributed by atoms with van der Waals surface area (Å²) < 4.78 is 13.6. The zero-order valence-corrected chi connectivity index (χ0v) is 21.6. The normalized spacial score (nSPS) is 16.1. The van der Waals surface area contributed by atoms with E-state index in [1.165, 1.54) is 5.56 Å². The van der Waals surface area contributed by atoms with E-state index in [4.69, 9.17) is 14.2 Å².